The van der Waals surface area contributed by atoms with Crippen LogP contribution in [-0.4, -0.2) is 30.0 Å². The van der Waals surface area contributed by atoms with E-state index in [9.17, 15) is 9.90 Å². The van der Waals surface area contributed by atoms with Crippen LogP contribution in [-0.2, 0) is 4.79 Å². The highest BCUT2D eigenvalue weighted by atomic mass is 32.2. The van der Waals surface area contributed by atoms with Crippen LogP contribution < -0.4 is 9.47 Å². The Bertz CT molecular complexity index is 640. The molecule has 0 aliphatic carbocycles. The van der Waals surface area contributed by atoms with Crippen LogP contribution in [0.3, 0.4) is 0 Å². The number of methoxy groups -OCH3 is 1. The van der Waals surface area contributed by atoms with Crippen molar-refractivity contribution in [1.82, 2.24) is 0 Å². The van der Waals surface area contributed by atoms with Crippen LogP contribution in [0.15, 0.2) is 53.4 Å². The van der Waals surface area contributed by atoms with Crippen LogP contribution in [0.25, 0.3) is 0 Å². The Hall–Kier alpha value is -2.14. The van der Waals surface area contributed by atoms with Crippen LogP contribution in [0.4, 0.5) is 0 Å². The summed E-state index contributed by atoms with van der Waals surface area (Å²) in [4.78, 5) is 12.5. The third kappa shape index (κ3) is 5.21. The molecule has 0 radical (unpaired) electrons. The molecular formula is C18H20O4S. The number of aryl methyl sites for hydroxylation is 1. The number of hydrogen-bond acceptors (Lipinski definition) is 4. The van der Waals surface area contributed by atoms with Gasteiger partial charge in [-0.3, -0.25) is 0 Å². The fraction of sp³-hybridized carbons (Fsp3) is 0.278. The van der Waals surface area contributed by atoms with E-state index in [0.717, 1.165) is 0 Å². The molecule has 2 aromatic carbocycles. The first kappa shape index (κ1) is 17.2. The highest BCUT2D eigenvalue weighted by Gasteiger charge is 2.19. The van der Waals surface area contributed by atoms with Gasteiger partial charge in [0, 0.05) is 17.1 Å². The second-order valence-corrected chi connectivity index (χ2v) is 6.16. The van der Waals surface area contributed by atoms with Crippen LogP contribution in [0.1, 0.15) is 12.0 Å². The minimum Gasteiger partial charge on any atom is -0.497 e. The first-order valence-electron chi connectivity index (χ1n) is 7.32. The lowest BCUT2D eigenvalue weighted by Gasteiger charge is -2.15. The Kier molecular flexibility index (Phi) is 6.35. The van der Waals surface area contributed by atoms with Crippen LogP contribution in [0.5, 0.6) is 11.5 Å². The summed E-state index contributed by atoms with van der Waals surface area (Å²) in [5, 5.41) is 9.33. The molecule has 5 heteroatoms. The molecule has 0 aromatic heterocycles. The molecular weight excluding hydrogens is 312 g/mol. The summed E-state index contributed by atoms with van der Waals surface area (Å²) >= 11 is 1.65. The van der Waals surface area contributed by atoms with E-state index in [0.29, 0.717) is 23.7 Å². The number of carboxylic acids is 1. The molecule has 0 bridgehead atoms. The third-order valence-electron chi connectivity index (χ3n) is 3.34. The van der Waals surface area contributed by atoms with E-state index in [1.54, 1.807) is 43.1 Å². The Morgan fingerprint density at radius 2 is 1.78 bits per heavy atom. The van der Waals surface area contributed by atoms with Gasteiger partial charge in [-0.15, -0.1) is 11.8 Å². The van der Waals surface area contributed by atoms with Crippen molar-refractivity contribution in [2.24, 2.45) is 0 Å². The van der Waals surface area contributed by atoms with Crippen molar-refractivity contribution in [1.29, 1.82) is 0 Å². The van der Waals surface area contributed by atoms with Crippen LogP contribution >= 0.6 is 11.8 Å². The quantitative estimate of drug-likeness (QED) is 0.740. The topological polar surface area (TPSA) is 55.8 Å². The average Bonchev–Trinajstić information content (AvgIpc) is 2.56. The lowest BCUT2D eigenvalue weighted by molar-refractivity contribution is -0.145. The smallest absolute Gasteiger partial charge is 0.344 e. The molecule has 2 rings (SSSR count). The first-order valence-corrected chi connectivity index (χ1v) is 8.30. The molecule has 122 valence electrons. The molecule has 1 N–H and O–H groups in total. The fourth-order valence-electron chi connectivity index (χ4n) is 2.05. The number of thioether (sulfide) groups is 1. The Morgan fingerprint density at radius 3 is 2.39 bits per heavy atom. The lowest BCUT2D eigenvalue weighted by Crippen LogP contribution is -2.27. The van der Waals surface area contributed by atoms with E-state index in [1.807, 2.05) is 31.2 Å². The molecule has 0 aliphatic heterocycles. The first-order chi connectivity index (χ1) is 11.1. The van der Waals surface area contributed by atoms with E-state index < -0.39 is 12.1 Å². The molecule has 0 saturated carbocycles. The third-order valence-corrected chi connectivity index (χ3v) is 4.55. The lowest BCUT2D eigenvalue weighted by atomic mass is 10.2. The largest absolute Gasteiger partial charge is 0.497 e. The summed E-state index contributed by atoms with van der Waals surface area (Å²) in [7, 11) is 1.58. The minimum absolute atomic E-state index is 0.431. The molecule has 23 heavy (non-hydrogen) atoms. The van der Waals surface area contributed by atoms with Gasteiger partial charge in [-0.1, -0.05) is 18.2 Å². The average molecular weight is 332 g/mol. The Balaban J connectivity index is 1.91. The van der Waals surface area contributed by atoms with Crippen LogP contribution in [0, 0.1) is 6.92 Å². The Morgan fingerprint density at radius 1 is 1.13 bits per heavy atom. The standard InChI is InChI=1S/C18H20O4S/c1-13-5-3-4-6-17(13)23-12-11-16(18(19)20)22-15-9-7-14(21-2)8-10-15/h3-10,16H,11-12H2,1-2H3,(H,19,20). The second-order valence-electron chi connectivity index (χ2n) is 5.02. The molecule has 0 saturated heterocycles. The van der Waals surface area contributed by atoms with Crippen molar-refractivity contribution >= 4 is 17.7 Å². The van der Waals surface area contributed by atoms with Gasteiger partial charge in [-0.05, 0) is 42.8 Å². The van der Waals surface area contributed by atoms with E-state index in [-0.39, 0.29) is 0 Å². The van der Waals surface area contributed by atoms with Gasteiger partial charge in [0.15, 0.2) is 6.10 Å². The van der Waals surface area contributed by atoms with Crippen molar-refractivity contribution in [3.05, 3.63) is 54.1 Å². The predicted octanol–water partition coefficient (Wildman–Crippen LogP) is 4.02. The van der Waals surface area contributed by atoms with Crippen molar-refractivity contribution in [3.63, 3.8) is 0 Å². The molecule has 0 amide bonds. The van der Waals surface area contributed by atoms with Gasteiger partial charge in [0.1, 0.15) is 11.5 Å². The van der Waals surface area contributed by atoms with Crippen molar-refractivity contribution < 1.29 is 19.4 Å². The summed E-state index contributed by atoms with van der Waals surface area (Å²) in [5.74, 6) is 0.961. The number of carboxylic acid groups (broad SMARTS) is 1. The maximum Gasteiger partial charge on any atom is 0.344 e. The van der Waals surface area contributed by atoms with Crippen molar-refractivity contribution in [2.75, 3.05) is 12.9 Å². The molecule has 4 nitrogen and oxygen atoms in total. The zero-order valence-electron chi connectivity index (χ0n) is 13.2. The summed E-state index contributed by atoms with van der Waals surface area (Å²) < 4.78 is 10.6. The number of hydrogen-bond donors (Lipinski definition) is 1. The maximum absolute atomic E-state index is 11.4. The monoisotopic (exact) mass is 332 g/mol. The zero-order chi connectivity index (χ0) is 16.7. The number of rotatable bonds is 8. The molecule has 0 fully saturated rings. The van der Waals surface area contributed by atoms with E-state index in [1.165, 1.54) is 10.5 Å². The molecule has 2 aromatic rings. The molecule has 1 unspecified atom stereocenters. The van der Waals surface area contributed by atoms with Gasteiger partial charge in [0.05, 0.1) is 7.11 Å². The molecule has 0 spiro atoms. The number of aliphatic carboxylic acids is 1. The summed E-state index contributed by atoms with van der Waals surface area (Å²) in [6, 6.07) is 15.0. The van der Waals surface area contributed by atoms with Gasteiger partial charge in [0.2, 0.25) is 0 Å². The van der Waals surface area contributed by atoms with Gasteiger partial charge >= 0.3 is 5.97 Å². The van der Waals surface area contributed by atoms with E-state index in [4.69, 9.17) is 9.47 Å². The Labute approximate surface area is 140 Å². The molecule has 0 aliphatic rings. The number of benzene rings is 2. The van der Waals surface area contributed by atoms with Crippen LogP contribution in [0.2, 0.25) is 0 Å². The van der Waals surface area contributed by atoms with E-state index in [2.05, 4.69) is 0 Å². The number of carbonyl (C=O) groups is 1. The maximum atomic E-state index is 11.4. The van der Waals surface area contributed by atoms with Crippen molar-refractivity contribution in [2.45, 2.75) is 24.3 Å². The molecule has 1 atom stereocenters. The predicted molar refractivity (Wildman–Crippen MR) is 91.6 cm³/mol. The molecule has 0 heterocycles. The highest BCUT2D eigenvalue weighted by Crippen LogP contribution is 2.24. The zero-order valence-corrected chi connectivity index (χ0v) is 14.0. The normalized spacial score (nSPS) is 11.7. The van der Waals surface area contributed by atoms with Gasteiger partial charge < -0.3 is 14.6 Å². The summed E-state index contributed by atoms with van der Waals surface area (Å²) in [6.45, 7) is 2.05. The van der Waals surface area contributed by atoms with Gasteiger partial charge in [0.25, 0.3) is 0 Å². The number of ether oxygens (including phenoxy) is 2. The van der Waals surface area contributed by atoms with Gasteiger partial charge in [-0.2, -0.15) is 0 Å². The SMILES string of the molecule is COc1ccc(OC(CCSc2ccccc2C)C(=O)O)cc1. The van der Waals surface area contributed by atoms with Gasteiger partial charge in [-0.25, -0.2) is 4.79 Å². The van der Waals surface area contributed by atoms with Crippen molar-refractivity contribution in [3.8, 4) is 11.5 Å². The van der Waals surface area contributed by atoms with E-state index >= 15 is 0 Å². The summed E-state index contributed by atoms with van der Waals surface area (Å²) in [6.07, 6.45) is -0.430. The highest BCUT2D eigenvalue weighted by molar-refractivity contribution is 7.99. The summed E-state index contributed by atoms with van der Waals surface area (Å²) in [5.41, 5.74) is 1.19. The second kappa shape index (κ2) is 8.48. The fourth-order valence-corrected chi connectivity index (χ4v) is 3.07. The minimum atomic E-state index is -0.953.